The van der Waals surface area contributed by atoms with Crippen molar-refractivity contribution in [3.8, 4) is 0 Å². The molecule has 0 aliphatic rings. The number of hydrogen-bond donors (Lipinski definition) is 3. The van der Waals surface area contributed by atoms with Gasteiger partial charge >= 0.3 is 0 Å². The second-order valence-electron chi connectivity index (χ2n) is 6.16. The van der Waals surface area contributed by atoms with Gasteiger partial charge in [-0.1, -0.05) is 32.9 Å². The zero-order chi connectivity index (χ0) is 16.0. The highest BCUT2D eigenvalue weighted by Gasteiger charge is 2.27. The standard InChI is InChI=1S/C16H25N3O2/c1-5-18-13(20)10-11-6-8-12(9-7-11)19-15(21)14(17)16(2,3)4/h6-9,14H,5,10,17H2,1-4H3,(H,18,20)(H,19,21)/t14-/m0/s1. The predicted molar refractivity (Wildman–Crippen MR) is 84.9 cm³/mol. The van der Waals surface area contributed by atoms with Crippen molar-refractivity contribution in [3.63, 3.8) is 0 Å². The molecule has 0 saturated carbocycles. The van der Waals surface area contributed by atoms with Gasteiger partial charge < -0.3 is 16.4 Å². The number of rotatable bonds is 5. The SMILES string of the molecule is CCNC(=O)Cc1ccc(NC(=O)[C@H](N)C(C)(C)C)cc1. The van der Waals surface area contributed by atoms with E-state index < -0.39 is 6.04 Å². The minimum absolute atomic E-state index is 0.0101. The molecule has 116 valence electrons. The lowest BCUT2D eigenvalue weighted by Gasteiger charge is -2.25. The van der Waals surface area contributed by atoms with Gasteiger partial charge in [-0.15, -0.1) is 0 Å². The van der Waals surface area contributed by atoms with Crippen LogP contribution in [0.1, 0.15) is 33.3 Å². The van der Waals surface area contributed by atoms with Crippen LogP contribution < -0.4 is 16.4 Å². The predicted octanol–water partition coefficient (Wildman–Crippen LogP) is 1.68. The maximum Gasteiger partial charge on any atom is 0.241 e. The van der Waals surface area contributed by atoms with Gasteiger partial charge in [-0.25, -0.2) is 0 Å². The van der Waals surface area contributed by atoms with E-state index in [9.17, 15) is 9.59 Å². The molecule has 0 aliphatic carbocycles. The molecular weight excluding hydrogens is 266 g/mol. The number of hydrogen-bond acceptors (Lipinski definition) is 3. The van der Waals surface area contributed by atoms with Crippen molar-refractivity contribution in [1.29, 1.82) is 0 Å². The molecule has 0 saturated heterocycles. The van der Waals surface area contributed by atoms with Gasteiger partial charge in [0.1, 0.15) is 0 Å². The third kappa shape index (κ3) is 5.55. The van der Waals surface area contributed by atoms with Crippen molar-refractivity contribution in [3.05, 3.63) is 29.8 Å². The summed E-state index contributed by atoms with van der Waals surface area (Å²) >= 11 is 0. The molecular formula is C16H25N3O2. The highest BCUT2D eigenvalue weighted by Crippen LogP contribution is 2.19. The molecule has 0 aromatic heterocycles. The fourth-order valence-corrected chi connectivity index (χ4v) is 1.76. The number of carbonyl (C=O) groups excluding carboxylic acids is 2. The van der Waals surface area contributed by atoms with Gasteiger partial charge in [-0.05, 0) is 30.0 Å². The van der Waals surface area contributed by atoms with Crippen LogP contribution >= 0.6 is 0 Å². The Morgan fingerprint density at radius 2 is 1.76 bits per heavy atom. The summed E-state index contributed by atoms with van der Waals surface area (Å²) in [6.07, 6.45) is 0.337. The van der Waals surface area contributed by atoms with E-state index in [1.807, 2.05) is 39.8 Å². The molecule has 1 atom stereocenters. The molecule has 0 fully saturated rings. The molecule has 5 heteroatoms. The molecule has 0 unspecified atom stereocenters. The Hall–Kier alpha value is -1.88. The van der Waals surface area contributed by atoms with Crippen molar-refractivity contribution >= 4 is 17.5 Å². The Morgan fingerprint density at radius 1 is 1.19 bits per heavy atom. The highest BCUT2D eigenvalue weighted by atomic mass is 16.2. The van der Waals surface area contributed by atoms with Crippen LogP contribution in [-0.4, -0.2) is 24.4 Å². The van der Waals surface area contributed by atoms with Gasteiger partial charge in [0, 0.05) is 12.2 Å². The number of amides is 2. The molecule has 0 bridgehead atoms. The summed E-state index contributed by atoms with van der Waals surface area (Å²) in [5.41, 5.74) is 7.20. The molecule has 1 aromatic rings. The summed E-state index contributed by atoms with van der Waals surface area (Å²) in [5, 5.41) is 5.54. The van der Waals surface area contributed by atoms with Gasteiger partial charge in [-0.3, -0.25) is 9.59 Å². The van der Waals surface area contributed by atoms with E-state index in [1.165, 1.54) is 0 Å². The number of carbonyl (C=O) groups is 2. The van der Waals surface area contributed by atoms with Crippen LogP contribution in [0, 0.1) is 5.41 Å². The van der Waals surface area contributed by atoms with Crippen LogP contribution in [0.4, 0.5) is 5.69 Å². The topological polar surface area (TPSA) is 84.2 Å². The largest absolute Gasteiger partial charge is 0.356 e. The Balaban J connectivity index is 2.63. The summed E-state index contributed by atoms with van der Waals surface area (Å²) in [6.45, 7) is 8.28. The van der Waals surface area contributed by atoms with Gasteiger partial charge in [0.05, 0.1) is 12.5 Å². The molecule has 4 N–H and O–H groups in total. The van der Waals surface area contributed by atoms with E-state index in [2.05, 4.69) is 10.6 Å². The zero-order valence-corrected chi connectivity index (χ0v) is 13.2. The van der Waals surface area contributed by atoms with E-state index in [0.29, 0.717) is 18.7 Å². The Labute approximate surface area is 126 Å². The average molecular weight is 291 g/mol. The summed E-state index contributed by atoms with van der Waals surface area (Å²) in [6, 6.07) is 6.64. The summed E-state index contributed by atoms with van der Waals surface area (Å²) in [4.78, 5) is 23.5. The molecule has 2 amide bonds. The monoisotopic (exact) mass is 291 g/mol. The zero-order valence-electron chi connectivity index (χ0n) is 13.2. The van der Waals surface area contributed by atoms with Gasteiger partial charge in [0.15, 0.2) is 0 Å². The van der Waals surface area contributed by atoms with Crippen molar-refractivity contribution in [2.75, 3.05) is 11.9 Å². The molecule has 1 aromatic carbocycles. The fraction of sp³-hybridized carbons (Fsp3) is 0.500. The van der Waals surface area contributed by atoms with Crippen molar-refractivity contribution in [2.24, 2.45) is 11.1 Å². The quantitative estimate of drug-likeness (QED) is 0.771. The lowest BCUT2D eigenvalue weighted by Crippen LogP contribution is -2.45. The first kappa shape index (κ1) is 17.2. The van der Waals surface area contributed by atoms with E-state index in [0.717, 1.165) is 5.56 Å². The van der Waals surface area contributed by atoms with Gasteiger partial charge in [-0.2, -0.15) is 0 Å². The summed E-state index contributed by atoms with van der Waals surface area (Å²) in [7, 11) is 0. The molecule has 0 radical (unpaired) electrons. The van der Waals surface area contributed by atoms with Crippen LogP contribution in [-0.2, 0) is 16.0 Å². The number of anilines is 1. The van der Waals surface area contributed by atoms with Gasteiger partial charge in [0.25, 0.3) is 0 Å². The molecule has 21 heavy (non-hydrogen) atoms. The maximum absolute atomic E-state index is 12.0. The smallest absolute Gasteiger partial charge is 0.241 e. The highest BCUT2D eigenvalue weighted by molar-refractivity contribution is 5.95. The first-order valence-electron chi connectivity index (χ1n) is 7.16. The van der Waals surface area contributed by atoms with E-state index >= 15 is 0 Å². The molecule has 5 nitrogen and oxygen atoms in total. The number of benzene rings is 1. The second-order valence-corrected chi connectivity index (χ2v) is 6.16. The van der Waals surface area contributed by atoms with Crippen LogP contribution in [0.3, 0.4) is 0 Å². The Morgan fingerprint density at radius 3 is 2.24 bits per heavy atom. The van der Waals surface area contributed by atoms with Crippen LogP contribution in [0.5, 0.6) is 0 Å². The third-order valence-electron chi connectivity index (χ3n) is 3.18. The van der Waals surface area contributed by atoms with Gasteiger partial charge in [0.2, 0.25) is 11.8 Å². The Bertz CT molecular complexity index is 489. The summed E-state index contributed by atoms with van der Waals surface area (Å²) in [5.74, 6) is -0.219. The molecule has 1 rings (SSSR count). The lowest BCUT2D eigenvalue weighted by atomic mass is 9.87. The minimum Gasteiger partial charge on any atom is -0.356 e. The molecule has 0 aliphatic heterocycles. The second kappa shape index (κ2) is 7.22. The first-order chi connectivity index (χ1) is 9.74. The summed E-state index contributed by atoms with van der Waals surface area (Å²) < 4.78 is 0. The number of likely N-dealkylation sites (N-methyl/N-ethyl adjacent to an activating group) is 1. The minimum atomic E-state index is -0.576. The number of nitrogens with one attached hydrogen (secondary N) is 2. The lowest BCUT2D eigenvalue weighted by molar-refractivity contribution is -0.120. The third-order valence-corrected chi connectivity index (χ3v) is 3.18. The average Bonchev–Trinajstić information content (AvgIpc) is 2.39. The Kier molecular flexibility index (Phi) is 5.90. The first-order valence-corrected chi connectivity index (χ1v) is 7.16. The van der Waals surface area contributed by atoms with Crippen LogP contribution in [0.15, 0.2) is 24.3 Å². The fourth-order valence-electron chi connectivity index (χ4n) is 1.76. The van der Waals surface area contributed by atoms with Crippen molar-refractivity contribution in [2.45, 2.75) is 40.2 Å². The van der Waals surface area contributed by atoms with Crippen molar-refractivity contribution in [1.82, 2.24) is 5.32 Å². The van der Waals surface area contributed by atoms with Crippen LogP contribution in [0.2, 0.25) is 0 Å². The number of nitrogens with two attached hydrogens (primary N) is 1. The normalized spacial score (nSPS) is 12.6. The molecule has 0 spiro atoms. The van der Waals surface area contributed by atoms with E-state index in [-0.39, 0.29) is 17.2 Å². The van der Waals surface area contributed by atoms with Crippen molar-refractivity contribution < 1.29 is 9.59 Å². The van der Waals surface area contributed by atoms with E-state index in [4.69, 9.17) is 5.73 Å². The van der Waals surface area contributed by atoms with Crippen LogP contribution in [0.25, 0.3) is 0 Å². The van der Waals surface area contributed by atoms with E-state index in [1.54, 1.807) is 12.1 Å². The maximum atomic E-state index is 12.0. The molecule has 0 heterocycles.